The van der Waals surface area contributed by atoms with E-state index >= 15 is 0 Å². The SMILES string of the molecule is Nc1ccc(-n2cc(-c3ccco3)nn2)cc1. The molecule has 84 valence electrons. The van der Waals surface area contributed by atoms with Crippen molar-refractivity contribution in [3.05, 3.63) is 48.9 Å². The van der Waals surface area contributed by atoms with E-state index in [0.717, 1.165) is 11.4 Å². The van der Waals surface area contributed by atoms with Crippen LogP contribution < -0.4 is 5.73 Å². The lowest BCUT2D eigenvalue weighted by Crippen LogP contribution is -1.95. The van der Waals surface area contributed by atoms with Gasteiger partial charge in [-0.3, -0.25) is 0 Å². The van der Waals surface area contributed by atoms with E-state index in [9.17, 15) is 0 Å². The first-order chi connectivity index (χ1) is 8.33. The number of anilines is 1. The maximum Gasteiger partial charge on any atom is 0.155 e. The molecule has 5 heteroatoms. The van der Waals surface area contributed by atoms with Gasteiger partial charge in [0.05, 0.1) is 18.1 Å². The van der Waals surface area contributed by atoms with Gasteiger partial charge in [0, 0.05) is 5.69 Å². The maximum absolute atomic E-state index is 5.63. The van der Waals surface area contributed by atoms with Crippen LogP contribution in [0, 0.1) is 0 Å². The van der Waals surface area contributed by atoms with Crippen molar-refractivity contribution in [3.8, 4) is 17.1 Å². The molecule has 0 radical (unpaired) electrons. The van der Waals surface area contributed by atoms with Gasteiger partial charge in [-0.25, -0.2) is 4.68 Å². The normalized spacial score (nSPS) is 10.6. The standard InChI is InChI=1S/C12H10N4O/c13-9-3-5-10(6-4-9)16-8-11(14-15-16)12-2-1-7-17-12/h1-8H,13H2. The Hall–Kier alpha value is -2.56. The predicted molar refractivity (Wildman–Crippen MR) is 63.5 cm³/mol. The molecule has 0 saturated carbocycles. The molecule has 0 aliphatic heterocycles. The second-order valence-electron chi connectivity index (χ2n) is 3.62. The van der Waals surface area contributed by atoms with Crippen molar-refractivity contribution in [2.24, 2.45) is 0 Å². The highest BCUT2D eigenvalue weighted by Gasteiger charge is 2.06. The van der Waals surface area contributed by atoms with Crippen LogP contribution in [0.1, 0.15) is 0 Å². The van der Waals surface area contributed by atoms with Crippen molar-refractivity contribution < 1.29 is 4.42 Å². The summed E-state index contributed by atoms with van der Waals surface area (Å²) < 4.78 is 6.93. The third-order valence-corrected chi connectivity index (χ3v) is 2.42. The number of nitrogens with two attached hydrogens (primary N) is 1. The second kappa shape index (κ2) is 3.79. The molecule has 2 N–H and O–H groups in total. The number of nitrogen functional groups attached to an aromatic ring is 1. The summed E-state index contributed by atoms with van der Waals surface area (Å²) >= 11 is 0. The summed E-state index contributed by atoms with van der Waals surface area (Å²) in [5.41, 5.74) is 7.96. The Kier molecular flexibility index (Phi) is 2.15. The molecule has 0 spiro atoms. The molecule has 17 heavy (non-hydrogen) atoms. The summed E-state index contributed by atoms with van der Waals surface area (Å²) in [6.07, 6.45) is 3.42. The maximum atomic E-state index is 5.63. The number of nitrogens with zero attached hydrogens (tertiary/aromatic N) is 3. The topological polar surface area (TPSA) is 69.9 Å². The zero-order valence-electron chi connectivity index (χ0n) is 8.95. The molecule has 0 amide bonds. The van der Waals surface area contributed by atoms with Crippen molar-refractivity contribution in [1.82, 2.24) is 15.0 Å². The van der Waals surface area contributed by atoms with Gasteiger partial charge < -0.3 is 10.2 Å². The van der Waals surface area contributed by atoms with Gasteiger partial charge in [-0.2, -0.15) is 0 Å². The number of hydrogen-bond acceptors (Lipinski definition) is 4. The highest BCUT2D eigenvalue weighted by atomic mass is 16.3. The number of hydrogen-bond donors (Lipinski definition) is 1. The Labute approximate surface area is 97.5 Å². The highest BCUT2D eigenvalue weighted by molar-refractivity contribution is 5.51. The van der Waals surface area contributed by atoms with Crippen LogP contribution >= 0.6 is 0 Å². The highest BCUT2D eigenvalue weighted by Crippen LogP contribution is 2.18. The molecule has 0 saturated heterocycles. The monoisotopic (exact) mass is 226 g/mol. The number of benzene rings is 1. The van der Waals surface area contributed by atoms with Gasteiger partial charge in [0.15, 0.2) is 5.76 Å². The zero-order chi connectivity index (χ0) is 11.7. The van der Waals surface area contributed by atoms with Crippen LogP contribution in [0.2, 0.25) is 0 Å². The van der Waals surface area contributed by atoms with Crippen LogP contribution in [0.25, 0.3) is 17.1 Å². The molecule has 3 rings (SSSR count). The van der Waals surface area contributed by atoms with Crippen molar-refractivity contribution in [1.29, 1.82) is 0 Å². The molecule has 0 aliphatic rings. The molecule has 0 fully saturated rings. The molecule has 0 atom stereocenters. The fourth-order valence-electron chi connectivity index (χ4n) is 1.55. The summed E-state index contributed by atoms with van der Waals surface area (Å²) in [6, 6.07) is 11.1. The van der Waals surface area contributed by atoms with Gasteiger partial charge >= 0.3 is 0 Å². The van der Waals surface area contributed by atoms with Gasteiger partial charge in [-0.15, -0.1) is 5.10 Å². The molecule has 0 aliphatic carbocycles. The predicted octanol–water partition coefficient (Wildman–Crippen LogP) is 2.11. The summed E-state index contributed by atoms with van der Waals surface area (Å²) in [5.74, 6) is 0.701. The first-order valence-corrected chi connectivity index (χ1v) is 5.15. The van der Waals surface area contributed by atoms with Crippen molar-refractivity contribution >= 4 is 5.69 Å². The van der Waals surface area contributed by atoms with Crippen LogP contribution in [-0.4, -0.2) is 15.0 Å². The fourth-order valence-corrected chi connectivity index (χ4v) is 1.55. The lowest BCUT2D eigenvalue weighted by molar-refractivity contribution is 0.580. The Morgan fingerprint density at radius 2 is 1.94 bits per heavy atom. The van der Waals surface area contributed by atoms with Gasteiger partial charge in [-0.1, -0.05) is 5.21 Å². The minimum absolute atomic E-state index is 0.701. The van der Waals surface area contributed by atoms with Gasteiger partial charge in [0.1, 0.15) is 5.69 Å². The van der Waals surface area contributed by atoms with Crippen molar-refractivity contribution in [2.45, 2.75) is 0 Å². The van der Waals surface area contributed by atoms with Crippen LogP contribution in [0.15, 0.2) is 53.3 Å². The van der Waals surface area contributed by atoms with Crippen LogP contribution in [0.3, 0.4) is 0 Å². The molecule has 3 aromatic rings. The quantitative estimate of drug-likeness (QED) is 0.679. The summed E-state index contributed by atoms with van der Waals surface area (Å²) in [4.78, 5) is 0. The number of furan rings is 1. The van der Waals surface area contributed by atoms with E-state index in [4.69, 9.17) is 10.2 Å². The Balaban J connectivity index is 1.98. The Morgan fingerprint density at radius 3 is 2.65 bits per heavy atom. The van der Waals surface area contributed by atoms with E-state index < -0.39 is 0 Å². The van der Waals surface area contributed by atoms with Gasteiger partial charge in [0.25, 0.3) is 0 Å². The minimum Gasteiger partial charge on any atom is -0.463 e. The molecular formula is C12H10N4O. The fraction of sp³-hybridized carbons (Fsp3) is 0. The molecule has 2 heterocycles. The van der Waals surface area contributed by atoms with E-state index in [0.29, 0.717) is 11.5 Å². The van der Waals surface area contributed by atoms with E-state index in [1.165, 1.54) is 0 Å². The summed E-state index contributed by atoms with van der Waals surface area (Å²) in [7, 11) is 0. The second-order valence-corrected chi connectivity index (χ2v) is 3.62. The van der Waals surface area contributed by atoms with E-state index in [-0.39, 0.29) is 0 Å². The van der Waals surface area contributed by atoms with Crippen molar-refractivity contribution in [2.75, 3.05) is 5.73 Å². The van der Waals surface area contributed by atoms with E-state index in [1.807, 2.05) is 42.6 Å². The Bertz CT molecular complexity index is 610. The van der Waals surface area contributed by atoms with E-state index in [1.54, 1.807) is 10.9 Å². The molecule has 2 aromatic heterocycles. The van der Waals surface area contributed by atoms with Crippen LogP contribution in [0.5, 0.6) is 0 Å². The van der Waals surface area contributed by atoms with Gasteiger partial charge in [-0.05, 0) is 36.4 Å². The number of rotatable bonds is 2. The van der Waals surface area contributed by atoms with Crippen LogP contribution in [-0.2, 0) is 0 Å². The average molecular weight is 226 g/mol. The van der Waals surface area contributed by atoms with Crippen molar-refractivity contribution in [3.63, 3.8) is 0 Å². The third kappa shape index (κ3) is 1.78. The Morgan fingerprint density at radius 1 is 1.12 bits per heavy atom. The molecule has 1 aromatic carbocycles. The lowest BCUT2D eigenvalue weighted by Gasteiger charge is -1.99. The first kappa shape index (κ1) is 9.65. The third-order valence-electron chi connectivity index (χ3n) is 2.42. The first-order valence-electron chi connectivity index (χ1n) is 5.15. The zero-order valence-corrected chi connectivity index (χ0v) is 8.95. The smallest absolute Gasteiger partial charge is 0.155 e. The molecular weight excluding hydrogens is 216 g/mol. The van der Waals surface area contributed by atoms with Gasteiger partial charge in [0.2, 0.25) is 0 Å². The summed E-state index contributed by atoms with van der Waals surface area (Å²) in [6.45, 7) is 0. The molecule has 5 nitrogen and oxygen atoms in total. The average Bonchev–Trinajstić information content (AvgIpc) is 3.00. The minimum atomic E-state index is 0.701. The van der Waals surface area contributed by atoms with Crippen LogP contribution in [0.4, 0.5) is 5.69 Å². The molecule has 0 unspecified atom stereocenters. The number of aromatic nitrogens is 3. The largest absolute Gasteiger partial charge is 0.463 e. The lowest BCUT2D eigenvalue weighted by atomic mass is 10.3. The van der Waals surface area contributed by atoms with E-state index in [2.05, 4.69) is 10.3 Å². The molecule has 0 bridgehead atoms. The summed E-state index contributed by atoms with van der Waals surface area (Å²) in [5, 5.41) is 8.08.